The Morgan fingerprint density at radius 3 is 2.11 bits per heavy atom. The number of carboxylic acids is 1. The van der Waals surface area contributed by atoms with Crippen LogP contribution >= 0.6 is 0 Å². The smallest absolute Gasteiger partial charge is 0.305 e. The Labute approximate surface area is 107 Å². The van der Waals surface area contributed by atoms with Crippen LogP contribution in [0.4, 0.5) is 0 Å². The van der Waals surface area contributed by atoms with Crippen LogP contribution in [0.5, 0.6) is 0 Å². The lowest BCUT2D eigenvalue weighted by atomic mass is 9.73. The van der Waals surface area contributed by atoms with Gasteiger partial charge in [-0.3, -0.25) is 9.59 Å². The summed E-state index contributed by atoms with van der Waals surface area (Å²) in [6.07, 6.45) is 7.00. The molecule has 18 heavy (non-hydrogen) atoms. The average molecular weight is 254 g/mol. The Morgan fingerprint density at radius 1 is 1.06 bits per heavy atom. The molecular weight excluding hydrogens is 232 g/mol. The van der Waals surface area contributed by atoms with Crippen LogP contribution in [0.2, 0.25) is 0 Å². The third-order valence-electron chi connectivity index (χ3n) is 4.38. The van der Waals surface area contributed by atoms with Crippen molar-refractivity contribution in [1.29, 1.82) is 0 Å². The van der Waals surface area contributed by atoms with Gasteiger partial charge in [-0.1, -0.05) is 19.3 Å². The fraction of sp³-hybridized carbons (Fsp3) is 0.846. The van der Waals surface area contributed by atoms with Crippen molar-refractivity contribution >= 4 is 11.9 Å². The van der Waals surface area contributed by atoms with Gasteiger partial charge in [0, 0.05) is 0 Å². The summed E-state index contributed by atoms with van der Waals surface area (Å²) >= 11 is 0. The van der Waals surface area contributed by atoms with E-state index in [0.29, 0.717) is 12.8 Å². The molecule has 0 aliphatic heterocycles. The molecule has 0 saturated heterocycles. The lowest BCUT2D eigenvalue weighted by Crippen LogP contribution is -2.63. The van der Waals surface area contributed by atoms with Crippen LogP contribution in [0.15, 0.2) is 0 Å². The third-order valence-corrected chi connectivity index (χ3v) is 4.38. The second-order valence-corrected chi connectivity index (χ2v) is 5.88. The Kier molecular flexibility index (Phi) is 3.61. The number of hydrogen-bond donors (Lipinski definition) is 3. The maximum Gasteiger partial charge on any atom is 0.305 e. The number of nitrogens with one attached hydrogen (secondary N) is 1. The van der Waals surface area contributed by atoms with Gasteiger partial charge in [0.1, 0.15) is 0 Å². The molecule has 2 aliphatic rings. The molecule has 2 saturated carbocycles. The van der Waals surface area contributed by atoms with Crippen LogP contribution in [0.25, 0.3) is 0 Å². The number of carbonyl (C=O) groups excluding carboxylic acids is 1. The van der Waals surface area contributed by atoms with E-state index in [1.54, 1.807) is 0 Å². The summed E-state index contributed by atoms with van der Waals surface area (Å²) in [6, 6.07) is 0. The van der Waals surface area contributed by atoms with E-state index in [9.17, 15) is 9.59 Å². The lowest BCUT2D eigenvalue weighted by Gasteiger charge is -2.44. The first-order chi connectivity index (χ1) is 8.46. The van der Waals surface area contributed by atoms with E-state index in [1.807, 2.05) is 0 Å². The summed E-state index contributed by atoms with van der Waals surface area (Å²) in [6.45, 7) is 0. The second-order valence-electron chi connectivity index (χ2n) is 5.88. The van der Waals surface area contributed by atoms with E-state index in [2.05, 4.69) is 5.32 Å². The van der Waals surface area contributed by atoms with Crippen LogP contribution in [0.3, 0.4) is 0 Å². The third kappa shape index (κ3) is 2.66. The zero-order chi connectivity index (χ0) is 13.2. The molecular formula is C13H22N2O3. The number of amides is 1. The molecule has 0 radical (unpaired) electrons. The molecule has 0 heterocycles. The number of nitrogens with two attached hydrogens (primary N) is 1. The molecule has 5 heteroatoms. The number of carboxylic acid groups (broad SMARTS) is 1. The van der Waals surface area contributed by atoms with Gasteiger partial charge >= 0.3 is 5.97 Å². The van der Waals surface area contributed by atoms with Crippen molar-refractivity contribution < 1.29 is 14.7 Å². The van der Waals surface area contributed by atoms with Gasteiger partial charge in [0.05, 0.1) is 17.5 Å². The first-order valence-electron chi connectivity index (χ1n) is 6.79. The molecule has 2 aliphatic carbocycles. The highest BCUT2D eigenvalue weighted by atomic mass is 16.4. The van der Waals surface area contributed by atoms with Gasteiger partial charge in [0.25, 0.3) is 0 Å². The van der Waals surface area contributed by atoms with Crippen molar-refractivity contribution in [3.8, 4) is 0 Å². The Hall–Kier alpha value is -1.10. The molecule has 0 aromatic rings. The number of hydrogen-bond acceptors (Lipinski definition) is 3. The quantitative estimate of drug-likeness (QED) is 0.702. The molecule has 0 spiro atoms. The highest BCUT2D eigenvalue weighted by Crippen LogP contribution is 2.36. The van der Waals surface area contributed by atoms with Gasteiger partial charge in [-0.25, -0.2) is 0 Å². The lowest BCUT2D eigenvalue weighted by molar-refractivity contribution is -0.141. The molecule has 1 amide bonds. The van der Waals surface area contributed by atoms with Crippen molar-refractivity contribution in [3.63, 3.8) is 0 Å². The van der Waals surface area contributed by atoms with Crippen LogP contribution in [-0.4, -0.2) is 28.1 Å². The van der Waals surface area contributed by atoms with E-state index >= 15 is 0 Å². The summed E-state index contributed by atoms with van der Waals surface area (Å²) < 4.78 is 0. The number of rotatable bonds is 4. The average Bonchev–Trinajstić information content (AvgIpc) is 2.26. The van der Waals surface area contributed by atoms with Crippen molar-refractivity contribution in [3.05, 3.63) is 0 Å². The fourth-order valence-electron chi connectivity index (χ4n) is 3.01. The van der Waals surface area contributed by atoms with Gasteiger partial charge < -0.3 is 16.2 Å². The van der Waals surface area contributed by atoms with Gasteiger partial charge in [-0.15, -0.1) is 0 Å². The fourth-order valence-corrected chi connectivity index (χ4v) is 3.01. The van der Waals surface area contributed by atoms with Crippen LogP contribution in [0.1, 0.15) is 57.8 Å². The Balaban J connectivity index is 1.98. The van der Waals surface area contributed by atoms with Crippen LogP contribution < -0.4 is 11.1 Å². The predicted molar refractivity (Wildman–Crippen MR) is 67.0 cm³/mol. The Bertz CT molecular complexity index is 344. The molecule has 0 unspecified atom stereocenters. The van der Waals surface area contributed by atoms with Crippen molar-refractivity contribution in [2.75, 3.05) is 0 Å². The predicted octanol–water partition coefficient (Wildman–Crippen LogP) is 1.16. The SMILES string of the molecule is NC1(C(=O)NC2(CC(=O)O)CCC2)CCCCC1. The van der Waals surface area contributed by atoms with Gasteiger partial charge in [-0.2, -0.15) is 0 Å². The largest absolute Gasteiger partial charge is 0.481 e. The second kappa shape index (κ2) is 4.88. The van der Waals surface area contributed by atoms with E-state index < -0.39 is 17.0 Å². The number of carbonyl (C=O) groups is 2. The minimum Gasteiger partial charge on any atom is -0.481 e. The maximum absolute atomic E-state index is 12.3. The number of aliphatic carboxylic acids is 1. The molecule has 2 fully saturated rings. The Morgan fingerprint density at radius 2 is 1.67 bits per heavy atom. The normalized spacial score (nSPS) is 24.9. The molecule has 0 bridgehead atoms. The maximum atomic E-state index is 12.3. The molecule has 4 N–H and O–H groups in total. The summed E-state index contributed by atoms with van der Waals surface area (Å²) in [5.74, 6) is -1.01. The van der Waals surface area contributed by atoms with Crippen molar-refractivity contribution in [1.82, 2.24) is 5.32 Å². The standard InChI is InChI=1S/C13H22N2O3/c14-13(7-2-1-3-8-13)11(18)15-12(5-4-6-12)9-10(16)17/h1-9,14H2,(H,15,18)(H,16,17). The molecule has 0 aromatic heterocycles. The van der Waals surface area contributed by atoms with Crippen LogP contribution in [0, 0.1) is 0 Å². The van der Waals surface area contributed by atoms with Gasteiger partial charge in [0.2, 0.25) is 5.91 Å². The zero-order valence-electron chi connectivity index (χ0n) is 10.7. The van der Waals surface area contributed by atoms with E-state index in [0.717, 1.165) is 38.5 Å². The summed E-state index contributed by atoms with van der Waals surface area (Å²) in [5.41, 5.74) is 4.85. The molecule has 2 rings (SSSR count). The van der Waals surface area contributed by atoms with Gasteiger partial charge in [-0.05, 0) is 32.1 Å². The summed E-state index contributed by atoms with van der Waals surface area (Å²) in [7, 11) is 0. The van der Waals surface area contributed by atoms with Crippen molar-refractivity contribution in [2.24, 2.45) is 5.73 Å². The highest BCUT2D eigenvalue weighted by molar-refractivity contribution is 5.87. The van der Waals surface area contributed by atoms with Gasteiger partial charge in [0.15, 0.2) is 0 Å². The van der Waals surface area contributed by atoms with E-state index in [1.165, 1.54) is 0 Å². The van der Waals surface area contributed by atoms with E-state index in [4.69, 9.17) is 10.8 Å². The van der Waals surface area contributed by atoms with Crippen molar-refractivity contribution in [2.45, 2.75) is 68.9 Å². The monoisotopic (exact) mass is 254 g/mol. The highest BCUT2D eigenvalue weighted by Gasteiger charge is 2.44. The summed E-state index contributed by atoms with van der Waals surface area (Å²) in [5, 5.41) is 11.8. The molecule has 102 valence electrons. The molecule has 0 atom stereocenters. The minimum absolute atomic E-state index is 0.00875. The molecule has 0 aromatic carbocycles. The van der Waals surface area contributed by atoms with Crippen LogP contribution in [-0.2, 0) is 9.59 Å². The first-order valence-corrected chi connectivity index (χ1v) is 6.79. The molecule has 5 nitrogen and oxygen atoms in total. The zero-order valence-corrected chi connectivity index (χ0v) is 10.7. The minimum atomic E-state index is -0.857. The topological polar surface area (TPSA) is 92.4 Å². The first kappa shape index (κ1) is 13.3. The summed E-state index contributed by atoms with van der Waals surface area (Å²) in [4.78, 5) is 23.1. The van der Waals surface area contributed by atoms with E-state index in [-0.39, 0.29) is 12.3 Å².